The van der Waals surface area contributed by atoms with Crippen molar-refractivity contribution in [3.05, 3.63) is 58.1 Å². The second-order valence-corrected chi connectivity index (χ2v) is 5.49. The van der Waals surface area contributed by atoms with Crippen LogP contribution in [0.15, 0.2) is 36.4 Å². The van der Waals surface area contributed by atoms with Crippen LogP contribution in [-0.2, 0) is 6.42 Å². The van der Waals surface area contributed by atoms with Gasteiger partial charge in [0, 0.05) is 5.56 Å². The molecule has 0 spiro atoms. The number of para-hydroxylation sites is 1. The van der Waals surface area contributed by atoms with E-state index in [1.807, 2.05) is 24.3 Å². The normalized spacial score (nSPS) is 15.0. The fourth-order valence-corrected chi connectivity index (χ4v) is 2.93. The molecule has 3 nitrogen and oxygen atoms in total. The first-order valence-corrected chi connectivity index (χ1v) is 7.34. The minimum atomic E-state index is -0.763. The fourth-order valence-electron chi connectivity index (χ4n) is 2.66. The van der Waals surface area contributed by atoms with Gasteiger partial charge in [-0.1, -0.05) is 35.9 Å². The van der Waals surface area contributed by atoms with E-state index < -0.39 is 6.10 Å². The predicted molar refractivity (Wildman–Crippen MR) is 82.3 cm³/mol. The van der Waals surface area contributed by atoms with E-state index in [1.54, 1.807) is 19.2 Å². The smallest absolute Gasteiger partial charge is 0.137 e. The molecule has 0 amide bonds. The van der Waals surface area contributed by atoms with Crippen LogP contribution in [-0.4, -0.2) is 18.8 Å². The molecule has 1 aliphatic heterocycles. The third kappa shape index (κ3) is 2.71. The highest BCUT2D eigenvalue weighted by Gasteiger charge is 2.21. The molecule has 0 bridgehead atoms. The second-order valence-electron chi connectivity index (χ2n) is 5.08. The van der Waals surface area contributed by atoms with Crippen LogP contribution in [0.3, 0.4) is 0 Å². The summed E-state index contributed by atoms with van der Waals surface area (Å²) in [6, 6.07) is 11.2. The van der Waals surface area contributed by atoms with Crippen LogP contribution < -0.4 is 9.47 Å². The molecule has 1 N–H and O–H groups in total. The Bertz CT molecular complexity index is 654. The minimum absolute atomic E-state index is 0.486. The van der Waals surface area contributed by atoms with Crippen molar-refractivity contribution in [1.29, 1.82) is 0 Å². The van der Waals surface area contributed by atoms with Crippen LogP contribution >= 0.6 is 11.6 Å². The summed E-state index contributed by atoms with van der Waals surface area (Å²) in [5, 5.41) is 11.1. The van der Waals surface area contributed by atoms with Crippen molar-refractivity contribution in [3.8, 4) is 11.5 Å². The summed E-state index contributed by atoms with van der Waals surface area (Å²) in [6.07, 6.45) is 1.24. The van der Waals surface area contributed by atoms with Gasteiger partial charge < -0.3 is 14.6 Å². The first-order valence-electron chi connectivity index (χ1n) is 6.97. The molecule has 0 saturated carbocycles. The van der Waals surface area contributed by atoms with E-state index >= 15 is 0 Å². The Labute approximate surface area is 129 Å². The number of aliphatic hydroxyl groups excluding tert-OH is 1. The standard InChI is InChI=1S/C17H17ClO3/c1-20-15-8-7-12(10-14(15)18)16(19)13-6-2-4-11-5-3-9-21-17(11)13/h2,4,6-8,10,16,19H,3,5,9H2,1H3. The third-order valence-electron chi connectivity index (χ3n) is 3.75. The molecule has 0 saturated heterocycles. The van der Waals surface area contributed by atoms with Gasteiger partial charge in [0.25, 0.3) is 0 Å². The minimum Gasteiger partial charge on any atom is -0.495 e. The summed E-state index contributed by atoms with van der Waals surface area (Å²) in [4.78, 5) is 0. The quantitative estimate of drug-likeness (QED) is 0.938. The van der Waals surface area contributed by atoms with Gasteiger partial charge in [-0.2, -0.15) is 0 Å². The van der Waals surface area contributed by atoms with Crippen molar-refractivity contribution in [2.24, 2.45) is 0 Å². The van der Waals surface area contributed by atoms with Gasteiger partial charge in [-0.25, -0.2) is 0 Å². The number of fused-ring (bicyclic) bond motifs is 1. The molecule has 1 unspecified atom stereocenters. The fraction of sp³-hybridized carbons (Fsp3) is 0.294. The SMILES string of the molecule is COc1ccc(C(O)c2cccc3c2OCCC3)cc1Cl. The Balaban J connectivity index is 1.99. The Hall–Kier alpha value is -1.71. The van der Waals surface area contributed by atoms with Gasteiger partial charge in [0.15, 0.2) is 0 Å². The summed E-state index contributed by atoms with van der Waals surface area (Å²) in [5.74, 6) is 1.40. The van der Waals surface area contributed by atoms with Crippen LogP contribution in [0.25, 0.3) is 0 Å². The Morgan fingerprint density at radius 3 is 2.90 bits per heavy atom. The second kappa shape index (κ2) is 5.96. The monoisotopic (exact) mass is 304 g/mol. The number of rotatable bonds is 3. The molecule has 110 valence electrons. The maximum Gasteiger partial charge on any atom is 0.137 e. The average Bonchev–Trinajstić information content (AvgIpc) is 2.53. The molecule has 21 heavy (non-hydrogen) atoms. The summed E-state index contributed by atoms with van der Waals surface area (Å²) in [5.41, 5.74) is 2.66. The van der Waals surface area contributed by atoms with Gasteiger partial charge in [-0.15, -0.1) is 0 Å². The number of aliphatic hydroxyl groups is 1. The summed E-state index contributed by atoms with van der Waals surface area (Å²) in [6.45, 7) is 0.695. The number of aryl methyl sites for hydroxylation is 1. The third-order valence-corrected chi connectivity index (χ3v) is 4.05. The first-order chi connectivity index (χ1) is 10.2. The Morgan fingerprint density at radius 2 is 2.14 bits per heavy atom. The number of benzene rings is 2. The van der Waals surface area contributed by atoms with E-state index in [1.165, 1.54) is 0 Å². The predicted octanol–water partition coefficient (Wildman–Crippen LogP) is 3.76. The summed E-state index contributed by atoms with van der Waals surface area (Å²) < 4.78 is 10.9. The van der Waals surface area contributed by atoms with Gasteiger partial charge in [0.1, 0.15) is 17.6 Å². The van der Waals surface area contributed by atoms with Gasteiger partial charge >= 0.3 is 0 Å². The highest BCUT2D eigenvalue weighted by Crippen LogP contribution is 2.37. The number of hydrogen-bond donors (Lipinski definition) is 1. The molecule has 2 aromatic rings. The highest BCUT2D eigenvalue weighted by atomic mass is 35.5. The van der Waals surface area contributed by atoms with Crippen LogP contribution in [0.5, 0.6) is 11.5 Å². The molecule has 0 aliphatic carbocycles. The molecular formula is C17H17ClO3. The first kappa shape index (κ1) is 14.2. The molecule has 0 radical (unpaired) electrons. The lowest BCUT2D eigenvalue weighted by molar-refractivity contribution is 0.206. The van der Waals surface area contributed by atoms with Crippen LogP contribution in [0, 0.1) is 0 Å². The highest BCUT2D eigenvalue weighted by molar-refractivity contribution is 6.32. The van der Waals surface area contributed by atoms with E-state index in [9.17, 15) is 5.11 Å². The summed E-state index contributed by atoms with van der Waals surface area (Å²) in [7, 11) is 1.57. The van der Waals surface area contributed by atoms with Crippen molar-refractivity contribution >= 4 is 11.6 Å². The van der Waals surface area contributed by atoms with Crippen LogP contribution in [0.4, 0.5) is 0 Å². The molecule has 1 aliphatic rings. The molecule has 0 fully saturated rings. The van der Waals surface area contributed by atoms with Crippen molar-refractivity contribution < 1.29 is 14.6 Å². The average molecular weight is 305 g/mol. The zero-order chi connectivity index (χ0) is 14.8. The van der Waals surface area contributed by atoms with Crippen LogP contribution in [0.1, 0.15) is 29.2 Å². The van der Waals surface area contributed by atoms with Gasteiger partial charge in [0.05, 0.1) is 18.7 Å². The van der Waals surface area contributed by atoms with Crippen molar-refractivity contribution in [2.75, 3.05) is 13.7 Å². The molecule has 2 aromatic carbocycles. The lowest BCUT2D eigenvalue weighted by Gasteiger charge is -2.23. The number of halogens is 1. The number of ether oxygens (including phenoxy) is 2. The van der Waals surface area contributed by atoms with Gasteiger partial charge in [-0.05, 0) is 36.1 Å². The van der Waals surface area contributed by atoms with E-state index in [-0.39, 0.29) is 0 Å². The number of hydrogen-bond acceptors (Lipinski definition) is 3. The van der Waals surface area contributed by atoms with E-state index in [0.29, 0.717) is 17.4 Å². The lowest BCUT2D eigenvalue weighted by atomic mass is 9.95. The zero-order valence-electron chi connectivity index (χ0n) is 11.8. The topological polar surface area (TPSA) is 38.7 Å². The maximum absolute atomic E-state index is 10.7. The van der Waals surface area contributed by atoms with E-state index in [2.05, 4.69) is 0 Å². The zero-order valence-corrected chi connectivity index (χ0v) is 12.6. The largest absolute Gasteiger partial charge is 0.495 e. The maximum atomic E-state index is 10.7. The molecule has 4 heteroatoms. The van der Waals surface area contributed by atoms with Gasteiger partial charge in [0.2, 0.25) is 0 Å². The van der Waals surface area contributed by atoms with Crippen LogP contribution in [0.2, 0.25) is 5.02 Å². The molecule has 1 heterocycles. The molecule has 3 rings (SSSR count). The molecule has 0 aromatic heterocycles. The van der Waals surface area contributed by atoms with Gasteiger partial charge in [-0.3, -0.25) is 0 Å². The van der Waals surface area contributed by atoms with E-state index in [4.69, 9.17) is 21.1 Å². The lowest BCUT2D eigenvalue weighted by Crippen LogP contribution is -2.12. The van der Waals surface area contributed by atoms with E-state index in [0.717, 1.165) is 35.3 Å². The van der Waals surface area contributed by atoms with Crippen molar-refractivity contribution in [3.63, 3.8) is 0 Å². The summed E-state index contributed by atoms with van der Waals surface area (Å²) >= 11 is 6.14. The molecular weight excluding hydrogens is 288 g/mol. The Morgan fingerprint density at radius 1 is 1.29 bits per heavy atom. The number of methoxy groups -OCH3 is 1. The van der Waals surface area contributed by atoms with Crippen molar-refractivity contribution in [2.45, 2.75) is 18.9 Å². The molecule has 1 atom stereocenters. The van der Waals surface area contributed by atoms with Crippen molar-refractivity contribution in [1.82, 2.24) is 0 Å². The Kier molecular flexibility index (Phi) is 4.04.